The van der Waals surface area contributed by atoms with Gasteiger partial charge in [0.2, 0.25) is 17.7 Å². The molecule has 0 fully saturated rings. The zero-order valence-electron chi connectivity index (χ0n) is 16.1. The number of halogens is 1. The molecule has 4 aromatic rings. The normalized spacial score (nSPS) is 12.4. The number of thiazole rings is 1. The smallest absolute Gasteiger partial charge is 0.274 e. The highest BCUT2D eigenvalue weighted by atomic mass is 32.2. The minimum absolute atomic E-state index is 0.118. The SMILES string of the molecule is NS(=O)(=O)NCc1nnc(CS(=O)(=O)Cc2nc3ccc(-c4ccc(F)nc4)cc3s2)o1. The van der Waals surface area contributed by atoms with E-state index in [-0.39, 0.29) is 24.1 Å². The van der Waals surface area contributed by atoms with Crippen LogP contribution in [0.5, 0.6) is 0 Å². The Morgan fingerprint density at radius 1 is 1.03 bits per heavy atom. The Kier molecular flexibility index (Phi) is 6.00. The van der Waals surface area contributed by atoms with E-state index in [0.717, 1.165) is 15.8 Å². The summed E-state index contributed by atoms with van der Waals surface area (Å²) in [5.41, 5.74) is 2.16. The Labute approximate surface area is 185 Å². The van der Waals surface area contributed by atoms with Gasteiger partial charge in [-0.3, -0.25) is 0 Å². The fourth-order valence-electron chi connectivity index (χ4n) is 2.77. The van der Waals surface area contributed by atoms with E-state index >= 15 is 0 Å². The molecule has 3 aromatic heterocycles. The van der Waals surface area contributed by atoms with Gasteiger partial charge in [-0.15, -0.1) is 21.5 Å². The molecule has 0 bridgehead atoms. The monoisotopic (exact) mass is 498 g/mol. The fraction of sp³-hybridized carbons (Fsp3) is 0.176. The number of fused-ring (bicyclic) bond motifs is 1. The molecule has 11 nitrogen and oxygen atoms in total. The van der Waals surface area contributed by atoms with Gasteiger partial charge in [0.1, 0.15) is 16.5 Å². The van der Waals surface area contributed by atoms with Crippen LogP contribution in [0.3, 0.4) is 0 Å². The second kappa shape index (κ2) is 8.59. The summed E-state index contributed by atoms with van der Waals surface area (Å²) in [4.78, 5) is 7.99. The maximum Gasteiger partial charge on any atom is 0.274 e. The molecule has 1 aromatic carbocycles. The van der Waals surface area contributed by atoms with Crippen molar-refractivity contribution in [3.8, 4) is 11.1 Å². The molecule has 0 aliphatic carbocycles. The minimum atomic E-state index is -3.95. The summed E-state index contributed by atoms with van der Waals surface area (Å²) < 4.78 is 67.8. The Hall–Kier alpha value is -2.85. The number of nitrogens with two attached hydrogens (primary N) is 1. The van der Waals surface area contributed by atoms with E-state index in [2.05, 4.69) is 20.2 Å². The van der Waals surface area contributed by atoms with Crippen molar-refractivity contribution < 1.29 is 25.6 Å². The number of rotatable bonds is 8. The van der Waals surface area contributed by atoms with Gasteiger partial charge < -0.3 is 4.42 Å². The van der Waals surface area contributed by atoms with Crippen LogP contribution in [0.15, 0.2) is 40.9 Å². The Morgan fingerprint density at radius 3 is 2.50 bits per heavy atom. The van der Waals surface area contributed by atoms with Crippen LogP contribution in [0.1, 0.15) is 16.8 Å². The van der Waals surface area contributed by atoms with Gasteiger partial charge in [-0.05, 0) is 29.8 Å². The first kappa shape index (κ1) is 22.3. The summed E-state index contributed by atoms with van der Waals surface area (Å²) in [6, 6.07) is 8.25. The molecule has 0 aliphatic rings. The average molecular weight is 499 g/mol. The summed E-state index contributed by atoms with van der Waals surface area (Å²) in [5.74, 6) is -1.74. The molecule has 3 N–H and O–H groups in total. The highest BCUT2D eigenvalue weighted by Gasteiger charge is 2.20. The van der Waals surface area contributed by atoms with Crippen LogP contribution in [0.25, 0.3) is 21.3 Å². The van der Waals surface area contributed by atoms with Gasteiger partial charge in [0.05, 0.1) is 16.8 Å². The quantitative estimate of drug-likeness (QED) is 0.340. The zero-order valence-corrected chi connectivity index (χ0v) is 18.5. The molecule has 0 unspecified atom stereocenters. The highest BCUT2D eigenvalue weighted by molar-refractivity contribution is 7.90. The van der Waals surface area contributed by atoms with Gasteiger partial charge in [-0.2, -0.15) is 17.5 Å². The lowest BCUT2D eigenvalue weighted by atomic mass is 10.1. The third-order valence-electron chi connectivity index (χ3n) is 4.11. The van der Waals surface area contributed by atoms with Crippen LogP contribution in [-0.2, 0) is 38.1 Å². The van der Waals surface area contributed by atoms with E-state index in [1.807, 2.05) is 10.8 Å². The van der Waals surface area contributed by atoms with Crippen molar-refractivity contribution in [2.45, 2.75) is 18.1 Å². The number of hydrogen-bond acceptors (Lipinski definition) is 10. The molecular formula is C17H15FN6O5S3. The minimum Gasteiger partial charge on any atom is -0.423 e. The van der Waals surface area contributed by atoms with Gasteiger partial charge in [0.25, 0.3) is 10.2 Å². The van der Waals surface area contributed by atoms with E-state index in [0.29, 0.717) is 10.5 Å². The van der Waals surface area contributed by atoms with Gasteiger partial charge >= 0.3 is 0 Å². The average Bonchev–Trinajstić information content (AvgIpc) is 3.30. The lowest BCUT2D eigenvalue weighted by Crippen LogP contribution is -2.30. The Bertz CT molecular complexity index is 1480. The zero-order chi connectivity index (χ0) is 22.9. The van der Waals surface area contributed by atoms with E-state index < -0.39 is 31.7 Å². The number of nitrogens with zero attached hydrogens (tertiary/aromatic N) is 4. The van der Waals surface area contributed by atoms with Gasteiger partial charge in [-0.25, -0.2) is 23.5 Å². The fourth-order valence-corrected chi connectivity index (χ4v) is 5.70. The number of benzene rings is 1. The van der Waals surface area contributed by atoms with Gasteiger partial charge in [0.15, 0.2) is 9.84 Å². The van der Waals surface area contributed by atoms with E-state index in [1.165, 1.54) is 23.6 Å². The summed E-state index contributed by atoms with van der Waals surface area (Å²) >= 11 is 1.22. The predicted molar refractivity (Wildman–Crippen MR) is 113 cm³/mol. The first-order valence-corrected chi connectivity index (χ1v) is 13.1. The van der Waals surface area contributed by atoms with Crippen LogP contribution < -0.4 is 9.86 Å². The van der Waals surface area contributed by atoms with Crippen molar-refractivity contribution in [1.82, 2.24) is 24.9 Å². The van der Waals surface area contributed by atoms with Crippen molar-refractivity contribution in [3.63, 3.8) is 0 Å². The molecule has 0 radical (unpaired) electrons. The maximum atomic E-state index is 13.0. The van der Waals surface area contributed by atoms with Gasteiger partial charge in [-0.1, -0.05) is 6.07 Å². The third-order valence-corrected chi connectivity index (χ3v) is 7.26. The number of sulfone groups is 1. The molecule has 4 rings (SSSR count). The van der Waals surface area contributed by atoms with Crippen LogP contribution in [0.4, 0.5) is 4.39 Å². The van der Waals surface area contributed by atoms with Crippen molar-refractivity contribution in [2.24, 2.45) is 5.14 Å². The molecular weight excluding hydrogens is 483 g/mol. The Morgan fingerprint density at radius 2 is 1.78 bits per heavy atom. The predicted octanol–water partition coefficient (Wildman–Crippen LogP) is 1.29. The van der Waals surface area contributed by atoms with Crippen LogP contribution in [0, 0.1) is 5.95 Å². The standard InChI is InChI=1S/C17H15FN6O5S3/c18-14-4-2-11(6-20-14)10-1-3-12-13(5-10)30-17(22-12)9-31(25,26)8-16-24-23-15(29-16)7-21-32(19,27)28/h1-6,21H,7-9H2,(H2,19,27,28). The summed E-state index contributed by atoms with van der Waals surface area (Å²) in [7, 11) is -7.64. The molecule has 0 atom stereocenters. The number of nitrogens with one attached hydrogen (secondary N) is 1. The highest BCUT2D eigenvalue weighted by Crippen LogP contribution is 2.29. The molecule has 0 saturated heterocycles. The lowest BCUT2D eigenvalue weighted by Gasteiger charge is -2.00. The molecule has 168 valence electrons. The summed E-state index contributed by atoms with van der Waals surface area (Å²) in [6.45, 7) is -0.352. The number of hydrogen-bond donors (Lipinski definition) is 2. The molecule has 3 heterocycles. The van der Waals surface area contributed by atoms with Crippen molar-refractivity contribution in [1.29, 1.82) is 0 Å². The van der Waals surface area contributed by atoms with E-state index in [4.69, 9.17) is 9.56 Å². The summed E-state index contributed by atoms with van der Waals surface area (Å²) in [5, 5.41) is 12.4. The molecule has 0 aliphatic heterocycles. The van der Waals surface area contributed by atoms with E-state index in [1.54, 1.807) is 18.2 Å². The first-order valence-electron chi connectivity index (χ1n) is 8.87. The largest absolute Gasteiger partial charge is 0.423 e. The molecule has 0 saturated carbocycles. The molecule has 0 amide bonds. The molecule has 0 spiro atoms. The Balaban J connectivity index is 1.47. The lowest BCUT2D eigenvalue weighted by molar-refractivity contribution is 0.454. The number of aromatic nitrogens is 4. The number of pyridine rings is 1. The van der Waals surface area contributed by atoms with E-state index in [9.17, 15) is 21.2 Å². The van der Waals surface area contributed by atoms with Gasteiger partial charge in [0, 0.05) is 11.8 Å². The van der Waals surface area contributed by atoms with Crippen LogP contribution >= 0.6 is 11.3 Å². The van der Waals surface area contributed by atoms with Crippen molar-refractivity contribution >= 4 is 41.6 Å². The summed E-state index contributed by atoms with van der Waals surface area (Å²) in [6.07, 6.45) is 1.42. The third kappa shape index (κ3) is 5.68. The van der Waals surface area contributed by atoms with Crippen molar-refractivity contribution in [3.05, 3.63) is 59.3 Å². The molecule has 15 heteroatoms. The van der Waals surface area contributed by atoms with Crippen LogP contribution in [-0.4, -0.2) is 37.0 Å². The molecule has 32 heavy (non-hydrogen) atoms. The van der Waals surface area contributed by atoms with Crippen molar-refractivity contribution in [2.75, 3.05) is 0 Å². The topological polar surface area (TPSA) is 171 Å². The van der Waals surface area contributed by atoms with Crippen LogP contribution in [0.2, 0.25) is 0 Å². The maximum absolute atomic E-state index is 13.0. The second-order valence-electron chi connectivity index (χ2n) is 6.65. The second-order valence-corrected chi connectivity index (χ2v) is 11.2. The first-order chi connectivity index (χ1) is 15.1.